The maximum Gasteiger partial charge on any atom is 0.337 e. The number of methoxy groups -OCH3 is 2. The van der Waals surface area contributed by atoms with Gasteiger partial charge < -0.3 is 14.4 Å². The molecule has 2 aromatic rings. The van der Waals surface area contributed by atoms with Crippen LogP contribution in [0.5, 0.6) is 5.75 Å². The molecular formula is C25H31NO3. The summed E-state index contributed by atoms with van der Waals surface area (Å²) in [6.07, 6.45) is 5.50. The van der Waals surface area contributed by atoms with Gasteiger partial charge in [0.05, 0.1) is 19.8 Å². The first kappa shape index (κ1) is 21.1. The largest absolute Gasteiger partial charge is 0.497 e. The summed E-state index contributed by atoms with van der Waals surface area (Å²) in [5.74, 6) is 1.68. The van der Waals surface area contributed by atoms with Crippen LogP contribution >= 0.6 is 0 Å². The molecule has 0 bridgehead atoms. The van der Waals surface area contributed by atoms with E-state index in [1.807, 2.05) is 24.3 Å². The van der Waals surface area contributed by atoms with Gasteiger partial charge in [-0.25, -0.2) is 4.79 Å². The minimum absolute atomic E-state index is 0.297. The molecule has 0 N–H and O–H groups in total. The van der Waals surface area contributed by atoms with Crippen molar-refractivity contribution in [1.29, 1.82) is 0 Å². The number of hydrogen-bond donors (Lipinski definition) is 0. The second-order valence-corrected chi connectivity index (χ2v) is 8.07. The van der Waals surface area contributed by atoms with E-state index >= 15 is 0 Å². The standard InChI is InChI=1S/C25H31NO3/c1-26(2)17-22-12-11-19(13-18-7-5-9-21(14-18)25(27)29-4)15-24(22)20-8-6-10-23(16-20)28-3/h5-10,13-14,16,22,24H,11-12,15,17H2,1-4H3/b19-13+. The van der Waals surface area contributed by atoms with Crippen molar-refractivity contribution in [2.75, 3.05) is 34.9 Å². The first-order chi connectivity index (χ1) is 14.0. The highest BCUT2D eigenvalue weighted by molar-refractivity contribution is 5.90. The highest BCUT2D eigenvalue weighted by Crippen LogP contribution is 2.42. The molecule has 0 spiro atoms. The second-order valence-electron chi connectivity index (χ2n) is 8.07. The lowest BCUT2D eigenvalue weighted by Gasteiger charge is -2.35. The Hall–Kier alpha value is -2.59. The van der Waals surface area contributed by atoms with E-state index < -0.39 is 0 Å². The Kier molecular flexibility index (Phi) is 7.10. The van der Waals surface area contributed by atoms with E-state index in [2.05, 4.69) is 43.3 Å². The van der Waals surface area contributed by atoms with Crippen molar-refractivity contribution < 1.29 is 14.3 Å². The number of carbonyl (C=O) groups is 1. The van der Waals surface area contributed by atoms with Crippen LogP contribution in [-0.2, 0) is 4.74 Å². The number of benzene rings is 2. The summed E-state index contributed by atoms with van der Waals surface area (Å²) in [7, 11) is 7.42. The lowest BCUT2D eigenvalue weighted by atomic mass is 9.73. The summed E-state index contributed by atoms with van der Waals surface area (Å²) in [5, 5.41) is 0. The molecule has 2 aromatic carbocycles. The highest BCUT2D eigenvalue weighted by atomic mass is 16.5. The van der Waals surface area contributed by atoms with Gasteiger partial charge in [-0.1, -0.05) is 35.9 Å². The first-order valence-corrected chi connectivity index (χ1v) is 10.2. The molecule has 1 aliphatic rings. The molecule has 0 aliphatic heterocycles. The molecule has 0 amide bonds. The van der Waals surface area contributed by atoms with Crippen molar-refractivity contribution in [1.82, 2.24) is 4.90 Å². The monoisotopic (exact) mass is 393 g/mol. The molecule has 1 fully saturated rings. The summed E-state index contributed by atoms with van der Waals surface area (Å²) in [6, 6.07) is 16.1. The average Bonchev–Trinajstić information content (AvgIpc) is 2.74. The van der Waals surface area contributed by atoms with Gasteiger partial charge in [-0.15, -0.1) is 0 Å². The lowest BCUT2D eigenvalue weighted by molar-refractivity contribution is 0.0600. The molecule has 3 rings (SSSR count). The third-order valence-corrected chi connectivity index (χ3v) is 5.69. The van der Waals surface area contributed by atoms with Crippen molar-refractivity contribution in [2.24, 2.45) is 5.92 Å². The van der Waals surface area contributed by atoms with Gasteiger partial charge in [0.2, 0.25) is 0 Å². The fourth-order valence-corrected chi connectivity index (χ4v) is 4.31. The topological polar surface area (TPSA) is 38.8 Å². The van der Waals surface area contributed by atoms with Gasteiger partial charge in [0, 0.05) is 6.54 Å². The number of rotatable bonds is 6. The van der Waals surface area contributed by atoms with E-state index in [4.69, 9.17) is 9.47 Å². The van der Waals surface area contributed by atoms with E-state index in [1.54, 1.807) is 13.2 Å². The summed E-state index contributed by atoms with van der Waals surface area (Å²) >= 11 is 0. The van der Waals surface area contributed by atoms with Crippen LogP contribution in [0.2, 0.25) is 0 Å². The lowest BCUT2D eigenvalue weighted by Crippen LogP contribution is -2.29. The van der Waals surface area contributed by atoms with Crippen LogP contribution in [0.15, 0.2) is 54.1 Å². The van der Waals surface area contributed by atoms with Crippen LogP contribution in [0.3, 0.4) is 0 Å². The van der Waals surface area contributed by atoms with Gasteiger partial charge in [-0.3, -0.25) is 0 Å². The summed E-state index contributed by atoms with van der Waals surface area (Å²) in [4.78, 5) is 14.1. The van der Waals surface area contributed by atoms with Crippen LogP contribution in [0, 0.1) is 5.92 Å². The van der Waals surface area contributed by atoms with Gasteiger partial charge in [0.25, 0.3) is 0 Å². The zero-order valence-corrected chi connectivity index (χ0v) is 17.9. The van der Waals surface area contributed by atoms with Crippen LogP contribution in [0.1, 0.15) is 46.7 Å². The molecule has 154 valence electrons. The molecule has 4 heteroatoms. The van der Waals surface area contributed by atoms with Gasteiger partial charge in [-0.05, 0) is 80.6 Å². The van der Waals surface area contributed by atoms with E-state index in [1.165, 1.54) is 18.2 Å². The summed E-state index contributed by atoms with van der Waals surface area (Å²) in [5.41, 5.74) is 4.41. The van der Waals surface area contributed by atoms with Gasteiger partial charge in [0.1, 0.15) is 5.75 Å². The molecule has 0 saturated heterocycles. The zero-order chi connectivity index (χ0) is 20.8. The highest BCUT2D eigenvalue weighted by Gasteiger charge is 2.29. The maximum absolute atomic E-state index is 11.8. The van der Waals surface area contributed by atoms with Crippen molar-refractivity contribution >= 4 is 12.0 Å². The number of hydrogen-bond acceptors (Lipinski definition) is 4. The number of esters is 1. The maximum atomic E-state index is 11.8. The Balaban J connectivity index is 1.87. The van der Waals surface area contributed by atoms with Crippen molar-refractivity contribution in [3.8, 4) is 5.75 Å². The molecular weight excluding hydrogens is 362 g/mol. The third-order valence-electron chi connectivity index (χ3n) is 5.69. The zero-order valence-electron chi connectivity index (χ0n) is 17.9. The SMILES string of the molecule is COC(=O)c1cccc(/C=C2\CCC(CN(C)C)C(c3cccc(OC)c3)C2)c1. The fraction of sp³-hybridized carbons (Fsp3) is 0.400. The Labute approximate surface area is 174 Å². The minimum atomic E-state index is -0.297. The molecule has 0 heterocycles. The summed E-state index contributed by atoms with van der Waals surface area (Å²) in [6.45, 7) is 1.08. The normalized spacial score (nSPS) is 20.7. The second kappa shape index (κ2) is 9.75. The van der Waals surface area contributed by atoms with E-state index in [-0.39, 0.29) is 5.97 Å². The van der Waals surface area contributed by atoms with Gasteiger partial charge >= 0.3 is 5.97 Å². The summed E-state index contributed by atoms with van der Waals surface area (Å²) < 4.78 is 10.3. The number of nitrogens with zero attached hydrogens (tertiary/aromatic N) is 1. The van der Waals surface area contributed by atoms with Crippen LogP contribution in [0.4, 0.5) is 0 Å². The van der Waals surface area contributed by atoms with E-state index in [9.17, 15) is 4.79 Å². The van der Waals surface area contributed by atoms with Gasteiger partial charge in [0.15, 0.2) is 0 Å². The molecule has 1 aliphatic carbocycles. The van der Waals surface area contributed by atoms with Crippen molar-refractivity contribution in [2.45, 2.75) is 25.2 Å². The molecule has 1 saturated carbocycles. The number of ether oxygens (including phenoxy) is 2. The number of carbonyl (C=O) groups excluding carboxylic acids is 1. The van der Waals surface area contributed by atoms with Crippen molar-refractivity contribution in [3.05, 3.63) is 70.8 Å². The van der Waals surface area contributed by atoms with E-state index in [0.717, 1.165) is 37.1 Å². The molecule has 0 aromatic heterocycles. The first-order valence-electron chi connectivity index (χ1n) is 10.2. The average molecular weight is 394 g/mol. The van der Waals surface area contributed by atoms with Crippen LogP contribution in [0.25, 0.3) is 6.08 Å². The Morgan fingerprint density at radius 2 is 1.93 bits per heavy atom. The molecule has 2 atom stereocenters. The Bertz CT molecular complexity index is 872. The molecule has 29 heavy (non-hydrogen) atoms. The molecule has 2 unspecified atom stereocenters. The predicted octanol–water partition coefficient (Wildman–Crippen LogP) is 5.01. The third kappa shape index (κ3) is 5.48. The minimum Gasteiger partial charge on any atom is -0.497 e. The molecule has 0 radical (unpaired) electrons. The fourth-order valence-electron chi connectivity index (χ4n) is 4.31. The molecule has 4 nitrogen and oxygen atoms in total. The number of allylic oxidation sites excluding steroid dienone is 1. The predicted molar refractivity (Wildman–Crippen MR) is 117 cm³/mol. The van der Waals surface area contributed by atoms with Crippen molar-refractivity contribution in [3.63, 3.8) is 0 Å². The smallest absolute Gasteiger partial charge is 0.337 e. The quantitative estimate of drug-likeness (QED) is 0.647. The Morgan fingerprint density at radius 1 is 1.14 bits per heavy atom. The Morgan fingerprint density at radius 3 is 2.66 bits per heavy atom. The van der Waals surface area contributed by atoms with Crippen LogP contribution < -0.4 is 4.74 Å². The van der Waals surface area contributed by atoms with Gasteiger partial charge in [-0.2, -0.15) is 0 Å². The van der Waals surface area contributed by atoms with Crippen LogP contribution in [-0.4, -0.2) is 45.7 Å². The van der Waals surface area contributed by atoms with E-state index in [0.29, 0.717) is 17.4 Å².